The first-order chi connectivity index (χ1) is 8.89. The van der Waals surface area contributed by atoms with Gasteiger partial charge in [0.2, 0.25) is 10.0 Å². The largest absolute Gasteiger partial charge is 0.313 e. The second kappa shape index (κ2) is 6.08. The summed E-state index contributed by atoms with van der Waals surface area (Å²) >= 11 is 0. The highest BCUT2D eigenvalue weighted by molar-refractivity contribution is 7.89. The minimum absolute atomic E-state index is 0.115. The van der Waals surface area contributed by atoms with Gasteiger partial charge in [-0.05, 0) is 51.2 Å². The Morgan fingerprint density at radius 3 is 2.47 bits per heavy atom. The van der Waals surface area contributed by atoms with Crippen molar-refractivity contribution in [1.82, 2.24) is 14.9 Å². The van der Waals surface area contributed by atoms with E-state index in [0.29, 0.717) is 19.1 Å². The summed E-state index contributed by atoms with van der Waals surface area (Å²) in [6.45, 7) is 5.44. The lowest BCUT2D eigenvalue weighted by atomic mass is 9.81. The van der Waals surface area contributed by atoms with Crippen molar-refractivity contribution in [3.05, 3.63) is 0 Å². The summed E-state index contributed by atoms with van der Waals surface area (Å²) < 4.78 is 26.6. The van der Waals surface area contributed by atoms with Crippen molar-refractivity contribution in [3.8, 4) is 0 Å². The summed E-state index contributed by atoms with van der Waals surface area (Å²) in [5.41, 5.74) is 0.115. The SMILES string of the molecule is CN1CCC(C)(CNS(=O)(=O)CCNC2CC2)CC1. The van der Waals surface area contributed by atoms with Gasteiger partial charge in [0.25, 0.3) is 0 Å². The molecular formula is C13H27N3O2S. The van der Waals surface area contributed by atoms with Crippen molar-refractivity contribution in [2.45, 2.75) is 38.6 Å². The second-order valence-electron chi connectivity index (χ2n) is 6.48. The van der Waals surface area contributed by atoms with Gasteiger partial charge in [0, 0.05) is 19.1 Å². The molecule has 0 bridgehead atoms. The molecule has 0 atom stereocenters. The number of nitrogens with one attached hydrogen (secondary N) is 2. The number of rotatable bonds is 7. The molecule has 1 aliphatic heterocycles. The van der Waals surface area contributed by atoms with Crippen LogP contribution < -0.4 is 10.0 Å². The molecule has 0 aromatic heterocycles. The van der Waals surface area contributed by atoms with Crippen molar-refractivity contribution in [1.29, 1.82) is 0 Å². The van der Waals surface area contributed by atoms with Gasteiger partial charge in [-0.15, -0.1) is 0 Å². The highest BCUT2D eigenvalue weighted by Gasteiger charge is 2.30. The molecule has 1 heterocycles. The quantitative estimate of drug-likeness (QED) is 0.712. The number of hydrogen-bond acceptors (Lipinski definition) is 4. The van der Waals surface area contributed by atoms with E-state index in [1.807, 2.05) is 0 Å². The summed E-state index contributed by atoms with van der Waals surface area (Å²) in [6.07, 6.45) is 4.51. The summed E-state index contributed by atoms with van der Waals surface area (Å²) in [7, 11) is -1.01. The van der Waals surface area contributed by atoms with Crippen LogP contribution in [0.4, 0.5) is 0 Å². The molecule has 0 aromatic carbocycles. The monoisotopic (exact) mass is 289 g/mol. The molecule has 0 spiro atoms. The summed E-state index contributed by atoms with van der Waals surface area (Å²) in [5.74, 6) is 0.194. The number of hydrogen-bond donors (Lipinski definition) is 2. The Morgan fingerprint density at radius 1 is 1.26 bits per heavy atom. The minimum Gasteiger partial charge on any atom is -0.313 e. The molecule has 112 valence electrons. The summed E-state index contributed by atoms with van der Waals surface area (Å²) in [4.78, 5) is 2.30. The average Bonchev–Trinajstić information content (AvgIpc) is 3.15. The predicted molar refractivity (Wildman–Crippen MR) is 77.7 cm³/mol. The van der Waals surface area contributed by atoms with E-state index in [-0.39, 0.29) is 11.2 Å². The number of sulfonamides is 1. The van der Waals surface area contributed by atoms with Crippen LogP contribution in [0.25, 0.3) is 0 Å². The molecule has 2 N–H and O–H groups in total. The maximum absolute atomic E-state index is 11.9. The van der Waals surface area contributed by atoms with Crippen LogP contribution in [0.5, 0.6) is 0 Å². The van der Waals surface area contributed by atoms with Gasteiger partial charge < -0.3 is 10.2 Å². The topological polar surface area (TPSA) is 61.4 Å². The highest BCUT2D eigenvalue weighted by Crippen LogP contribution is 2.29. The van der Waals surface area contributed by atoms with E-state index in [1.165, 1.54) is 12.8 Å². The minimum atomic E-state index is -3.13. The fourth-order valence-electron chi connectivity index (χ4n) is 2.38. The maximum Gasteiger partial charge on any atom is 0.212 e. The fraction of sp³-hybridized carbons (Fsp3) is 1.00. The number of nitrogens with zero attached hydrogens (tertiary/aromatic N) is 1. The fourth-order valence-corrected chi connectivity index (χ4v) is 3.48. The highest BCUT2D eigenvalue weighted by atomic mass is 32.2. The zero-order chi connectivity index (χ0) is 13.9. The van der Waals surface area contributed by atoms with Crippen LogP contribution in [0.15, 0.2) is 0 Å². The molecule has 19 heavy (non-hydrogen) atoms. The Morgan fingerprint density at radius 2 is 1.89 bits per heavy atom. The zero-order valence-electron chi connectivity index (χ0n) is 12.1. The molecule has 0 radical (unpaired) electrons. The molecule has 2 fully saturated rings. The van der Waals surface area contributed by atoms with E-state index in [2.05, 4.69) is 28.9 Å². The molecule has 1 saturated carbocycles. The Labute approximate surface area is 117 Å². The molecule has 5 nitrogen and oxygen atoms in total. The average molecular weight is 289 g/mol. The molecule has 0 unspecified atom stereocenters. The lowest BCUT2D eigenvalue weighted by molar-refractivity contribution is 0.143. The van der Waals surface area contributed by atoms with Gasteiger partial charge >= 0.3 is 0 Å². The van der Waals surface area contributed by atoms with Crippen molar-refractivity contribution in [3.63, 3.8) is 0 Å². The van der Waals surface area contributed by atoms with Crippen molar-refractivity contribution >= 4 is 10.0 Å². The zero-order valence-corrected chi connectivity index (χ0v) is 12.9. The van der Waals surface area contributed by atoms with Gasteiger partial charge in [0.1, 0.15) is 0 Å². The third-order valence-electron chi connectivity index (χ3n) is 4.29. The Kier molecular flexibility index (Phi) is 4.87. The van der Waals surface area contributed by atoms with Crippen molar-refractivity contribution < 1.29 is 8.42 Å². The standard InChI is InChI=1S/C13H27N3O2S/c1-13(5-8-16(2)9-6-13)11-15-19(17,18)10-7-14-12-3-4-12/h12,14-15H,3-11H2,1-2H3. The second-order valence-corrected chi connectivity index (χ2v) is 8.41. The van der Waals surface area contributed by atoms with Crippen LogP contribution in [0.2, 0.25) is 0 Å². The van der Waals surface area contributed by atoms with E-state index < -0.39 is 10.0 Å². The third-order valence-corrected chi connectivity index (χ3v) is 5.62. The van der Waals surface area contributed by atoms with E-state index in [9.17, 15) is 8.42 Å². The van der Waals surface area contributed by atoms with Crippen LogP contribution in [-0.4, -0.2) is 58.3 Å². The van der Waals surface area contributed by atoms with E-state index in [1.54, 1.807) is 0 Å². The van der Waals surface area contributed by atoms with Gasteiger partial charge in [-0.25, -0.2) is 13.1 Å². The van der Waals surface area contributed by atoms with E-state index in [0.717, 1.165) is 25.9 Å². The molecule has 6 heteroatoms. The van der Waals surface area contributed by atoms with E-state index in [4.69, 9.17) is 0 Å². The normalized spacial score (nSPS) is 24.5. The van der Waals surface area contributed by atoms with Crippen LogP contribution in [0.1, 0.15) is 32.6 Å². The molecule has 2 aliphatic rings. The number of likely N-dealkylation sites (tertiary alicyclic amines) is 1. The lowest BCUT2D eigenvalue weighted by Gasteiger charge is -2.37. The molecule has 1 aliphatic carbocycles. The van der Waals surface area contributed by atoms with Crippen LogP contribution in [0, 0.1) is 5.41 Å². The smallest absolute Gasteiger partial charge is 0.212 e. The molecule has 0 aromatic rings. The van der Waals surface area contributed by atoms with Gasteiger partial charge in [0.05, 0.1) is 5.75 Å². The van der Waals surface area contributed by atoms with Gasteiger partial charge in [-0.2, -0.15) is 0 Å². The molecule has 1 saturated heterocycles. The molecule has 0 amide bonds. The van der Waals surface area contributed by atoms with Crippen LogP contribution in [-0.2, 0) is 10.0 Å². The molecular weight excluding hydrogens is 262 g/mol. The van der Waals surface area contributed by atoms with Gasteiger partial charge in [-0.1, -0.05) is 6.92 Å². The first kappa shape index (κ1) is 15.2. The van der Waals surface area contributed by atoms with Crippen molar-refractivity contribution in [2.75, 3.05) is 39.0 Å². The summed E-state index contributed by atoms with van der Waals surface area (Å²) in [5, 5.41) is 3.24. The first-order valence-electron chi connectivity index (χ1n) is 7.28. The van der Waals surface area contributed by atoms with Gasteiger partial charge in [0.15, 0.2) is 0 Å². The third kappa shape index (κ3) is 5.38. The molecule has 2 rings (SSSR count). The number of piperidine rings is 1. The van der Waals surface area contributed by atoms with E-state index >= 15 is 0 Å². The van der Waals surface area contributed by atoms with Gasteiger partial charge in [-0.3, -0.25) is 0 Å². The predicted octanol–water partition coefficient (Wildman–Crippen LogP) is 0.390. The Hall–Kier alpha value is -0.170. The Balaban J connectivity index is 1.70. The maximum atomic E-state index is 11.9. The first-order valence-corrected chi connectivity index (χ1v) is 8.93. The Bertz CT molecular complexity index is 385. The van der Waals surface area contributed by atoms with Crippen molar-refractivity contribution in [2.24, 2.45) is 5.41 Å². The summed E-state index contributed by atoms with van der Waals surface area (Å²) in [6, 6.07) is 0.571. The van der Waals surface area contributed by atoms with Crippen LogP contribution >= 0.6 is 0 Å². The van der Waals surface area contributed by atoms with Crippen LogP contribution in [0.3, 0.4) is 0 Å². The lowest BCUT2D eigenvalue weighted by Crippen LogP contribution is -2.44.